The third-order valence-corrected chi connectivity index (χ3v) is 4.55. The molecule has 0 aliphatic carbocycles. The first-order valence-corrected chi connectivity index (χ1v) is 8.28. The average molecular weight is 347 g/mol. The van der Waals surface area contributed by atoms with Crippen molar-refractivity contribution in [3.05, 3.63) is 60.2 Å². The summed E-state index contributed by atoms with van der Waals surface area (Å²) >= 11 is 1.36. The van der Waals surface area contributed by atoms with Crippen LogP contribution in [-0.4, -0.2) is 38.0 Å². The summed E-state index contributed by atoms with van der Waals surface area (Å²) in [6.45, 7) is 2.81. The van der Waals surface area contributed by atoms with Gasteiger partial charge in [0.2, 0.25) is 0 Å². The van der Waals surface area contributed by atoms with E-state index in [4.69, 9.17) is 0 Å². The van der Waals surface area contributed by atoms with Gasteiger partial charge in [-0.3, -0.25) is 19.1 Å². The highest BCUT2D eigenvalue weighted by molar-refractivity contribution is 7.17. The zero-order chi connectivity index (χ0) is 17.3. The van der Waals surface area contributed by atoms with Gasteiger partial charge in [-0.2, -0.15) is 0 Å². The molecule has 0 aliphatic rings. The van der Waals surface area contributed by atoms with Gasteiger partial charge in [-0.15, -0.1) is 11.3 Å². The third-order valence-electron chi connectivity index (χ3n) is 3.64. The number of aromatic amines is 2. The van der Waals surface area contributed by atoms with Gasteiger partial charge < -0.3 is 9.97 Å². The van der Waals surface area contributed by atoms with E-state index in [-0.39, 0.29) is 17.7 Å². The lowest BCUT2D eigenvalue weighted by Gasteiger charge is -2.16. The van der Waals surface area contributed by atoms with Crippen molar-refractivity contribution in [1.29, 1.82) is 0 Å². The number of rotatable bonds is 5. The first kappa shape index (κ1) is 16.3. The molecular formula is C15H17N5O3S. The second-order valence-electron chi connectivity index (χ2n) is 5.63. The maximum atomic E-state index is 11.9. The lowest BCUT2D eigenvalue weighted by molar-refractivity contribution is 0.300. The van der Waals surface area contributed by atoms with Crippen LogP contribution in [0.2, 0.25) is 0 Å². The van der Waals surface area contributed by atoms with E-state index in [0.29, 0.717) is 34.8 Å². The number of likely N-dealkylation sites (N-methyl/N-ethyl adjacent to an activating group) is 1. The van der Waals surface area contributed by atoms with E-state index >= 15 is 0 Å². The molecule has 126 valence electrons. The molecule has 0 aromatic carbocycles. The summed E-state index contributed by atoms with van der Waals surface area (Å²) in [5, 5.41) is 1.83. The topological polar surface area (TPSA) is 104 Å². The van der Waals surface area contributed by atoms with Crippen molar-refractivity contribution >= 4 is 21.6 Å². The molecule has 0 aliphatic heterocycles. The molecule has 0 spiro atoms. The van der Waals surface area contributed by atoms with Gasteiger partial charge in [0.1, 0.15) is 10.5 Å². The smallest absolute Gasteiger partial charge is 0.311 e. The minimum Gasteiger partial charge on any atom is -0.311 e. The summed E-state index contributed by atoms with van der Waals surface area (Å²) in [7, 11) is 1.84. The molecule has 2 N–H and O–H groups in total. The molecule has 8 nitrogen and oxygen atoms in total. The van der Waals surface area contributed by atoms with Gasteiger partial charge in [0.15, 0.2) is 0 Å². The number of hydrogen-bond acceptors (Lipinski definition) is 6. The number of H-pyrrole nitrogens is 2. The van der Waals surface area contributed by atoms with Gasteiger partial charge in [0.25, 0.3) is 11.1 Å². The maximum absolute atomic E-state index is 11.9. The van der Waals surface area contributed by atoms with E-state index in [1.54, 1.807) is 6.92 Å². The van der Waals surface area contributed by atoms with Crippen molar-refractivity contribution < 1.29 is 0 Å². The summed E-state index contributed by atoms with van der Waals surface area (Å²) in [4.78, 5) is 47.3. The number of aromatic nitrogens is 4. The molecule has 3 rings (SSSR count). The van der Waals surface area contributed by atoms with Gasteiger partial charge >= 0.3 is 5.69 Å². The molecule has 0 saturated heterocycles. The lowest BCUT2D eigenvalue weighted by atomic mass is 10.4. The predicted octanol–water partition coefficient (Wildman–Crippen LogP) is 0.275. The van der Waals surface area contributed by atoms with Crippen molar-refractivity contribution in [1.82, 2.24) is 24.4 Å². The Morgan fingerprint density at radius 3 is 2.83 bits per heavy atom. The Balaban J connectivity index is 1.71. The van der Waals surface area contributed by atoms with E-state index < -0.39 is 5.69 Å². The van der Waals surface area contributed by atoms with Crippen LogP contribution in [0.5, 0.6) is 0 Å². The van der Waals surface area contributed by atoms with Crippen molar-refractivity contribution in [2.45, 2.75) is 20.0 Å². The molecule has 0 unspecified atom stereocenters. The number of nitrogens with one attached hydrogen (secondary N) is 2. The van der Waals surface area contributed by atoms with Crippen molar-refractivity contribution in [3.63, 3.8) is 0 Å². The standard InChI is InChI=1S/C15H17N5O3S/c1-9-7-12(21)20(15(23)16-9)5-4-19(2)8-11-17-10-3-6-24-13(10)14(22)18-11/h3,6-7H,4-5,8H2,1-2H3,(H,16,23)(H,17,18,22). The molecule has 0 saturated carbocycles. The molecule has 9 heteroatoms. The average Bonchev–Trinajstić information content (AvgIpc) is 2.95. The zero-order valence-corrected chi connectivity index (χ0v) is 14.1. The summed E-state index contributed by atoms with van der Waals surface area (Å²) < 4.78 is 1.76. The number of thiophene rings is 1. The lowest BCUT2D eigenvalue weighted by Crippen LogP contribution is -2.38. The fraction of sp³-hybridized carbons (Fsp3) is 0.333. The third kappa shape index (κ3) is 3.36. The maximum Gasteiger partial charge on any atom is 0.328 e. The predicted molar refractivity (Wildman–Crippen MR) is 92.6 cm³/mol. The Morgan fingerprint density at radius 1 is 1.29 bits per heavy atom. The molecule has 0 radical (unpaired) electrons. The molecule has 0 bridgehead atoms. The van der Waals surface area contributed by atoms with E-state index in [9.17, 15) is 14.4 Å². The molecular weight excluding hydrogens is 330 g/mol. The van der Waals surface area contributed by atoms with E-state index in [0.717, 1.165) is 4.57 Å². The Morgan fingerprint density at radius 2 is 2.08 bits per heavy atom. The molecule has 0 atom stereocenters. The first-order valence-electron chi connectivity index (χ1n) is 7.40. The van der Waals surface area contributed by atoms with Gasteiger partial charge in [-0.25, -0.2) is 9.78 Å². The van der Waals surface area contributed by atoms with Crippen LogP contribution < -0.4 is 16.8 Å². The second-order valence-corrected chi connectivity index (χ2v) is 6.55. The fourth-order valence-electron chi connectivity index (χ4n) is 2.45. The summed E-state index contributed by atoms with van der Waals surface area (Å²) in [6.07, 6.45) is 0. The molecule has 0 amide bonds. The van der Waals surface area contributed by atoms with Crippen LogP contribution in [0, 0.1) is 6.92 Å². The minimum absolute atomic E-state index is 0.149. The quantitative estimate of drug-likeness (QED) is 0.690. The Labute approximate surface area is 140 Å². The number of aryl methyl sites for hydroxylation is 1. The van der Waals surface area contributed by atoms with Gasteiger partial charge in [0.05, 0.1) is 12.1 Å². The second kappa shape index (κ2) is 6.54. The molecule has 3 aromatic rings. The van der Waals surface area contributed by atoms with Crippen LogP contribution in [-0.2, 0) is 13.1 Å². The zero-order valence-electron chi connectivity index (χ0n) is 13.3. The highest BCUT2D eigenvalue weighted by Gasteiger charge is 2.09. The van der Waals surface area contributed by atoms with Crippen molar-refractivity contribution in [3.8, 4) is 0 Å². The van der Waals surface area contributed by atoms with Crippen LogP contribution >= 0.6 is 11.3 Å². The van der Waals surface area contributed by atoms with Crippen LogP contribution in [0.3, 0.4) is 0 Å². The minimum atomic E-state index is -0.417. The van der Waals surface area contributed by atoms with Crippen LogP contribution in [0.4, 0.5) is 0 Å². The Hall–Kier alpha value is -2.52. The molecule has 3 aromatic heterocycles. The summed E-state index contributed by atoms with van der Waals surface area (Å²) in [5.74, 6) is 0.554. The summed E-state index contributed by atoms with van der Waals surface area (Å²) in [6, 6.07) is 3.20. The molecule has 24 heavy (non-hydrogen) atoms. The molecule has 0 fully saturated rings. The SMILES string of the molecule is Cc1cc(=O)n(CCN(C)Cc2nc3ccsc3c(=O)[nH]2)c(=O)[nH]1. The monoisotopic (exact) mass is 347 g/mol. The van der Waals surface area contributed by atoms with E-state index in [1.807, 2.05) is 23.4 Å². The summed E-state index contributed by atoms with van der Waals surface area (Å²) in [5.41, 5.74) is 0.332. The number of hydrogen-bond donors (Lipinski definition) is 2. The normalized spacial score (nSPS) is 11.5. The van der Waals surface area contributed by atoms with Crippen LogP contribution in [0.1, 0.15) is 11.5 Å². The van der Waals surface area contributed by atoms with Gasteiger partial charge in [-0.1, -0.05) is 0 Å². The number of fused-ring (bicyclic) bond motifs is 1. The number of nitrogens with zero attached hydrogens (tertiary/aromatic N) is 3. The van der Waals surface area contributed by atoms with E-state index in [2.05, 4.69) is 15.0 Å². The van der Waals surface area contributed by atoms with Crippen LogP contribution in [0.15, 0.2) is 31.9 Å². The Bertz CT molecular complexity index is 1010. The van der Waals surface area contributed by atoms with Gasteiger partial charge in [0, 0.05) is 24.8 Å². The fourth-order valence-corrected chi connectivity index (χ4v) is 3.17. The van der Waals surface area contributed by atoms with Crippen molar-refractivity contribution in [2.75, 3.05) is 13.6 Å². The van der Waals surface area contributed by atoms with Crippen molar-refractivity contribution in [2.24, 2.45) is 0 Å². The highest BCUT2D eigenvalue weighted by atomic mass is 32.1. The highest BCUT2D eigenvalue weighted by Crippen LogP contribution is 2.13. The largest absolute Gasteiger partial charge is 0.328 e. The Kier molecular flexibility index (Phi) is 4.45. The first-order chi connectivity index (χ1) is 11.4. The van der Waals surface area contributed by atoms with Crippen LogP contribution in [0.25, 0.3) is 10.2 Å². The van der Waals surface area contributed by atoms with Gasteiger partial charge in [-0.05, 0) is 25.4 Å². The molecule has 3 heterocycles. The van der Waals surface area contributed by atoms with E-state index in [1.165, 1.54) is 17.4 Å².